The van der Waals surface area contributed by atoms with Crippen molar-refractivity contribution < 1.29 is 19.4 Å². The molecule has 1 aromatic heterocycles. The Morgan fingerprint density at radius 3 is 2.63 bits per heavy atom. The molecule has 0 bridgehead atoms. The van der Waals surface area contributed by atoms with E-state index in [1.807, 2.05) is 30.9 Å². The number of rotatable bonds is 6. The number of likely N-dealkylation sites (tertiary alicyclic amines) is 1. The number of amides is 1. The summed E-state index contributed by atoms with van der Waals surface area (Å²) in [7, 11) is 0. The molecule has 2 heterocycles. The van der Waals surface area contributed by atoms with Crippen molar-refractivity contribution in [2.45, 2.75) is 39.2 Å². The molecule has 0 unspecified atom stereocenters. The number of ether oxygens (including phenoxy) is 1. The number of hydrogen-bond acceptors (Lipinski definition) is 4. The molecule has 0 atom stereocenters. The van der Waals surface area contributed by atoms with Gasteiger partial charge in [0.2, 0.25) is 5.91 Å². The first-order chi connectivity index (χ1) is 12.9. The second-order valence-electron chi connectivity index (χ2n) is 6.99. The smallest absolute Gasteiger partial charge is 0.338 e. The molecule has 1 fully saturated rings. The van der Waals surface area contributed by atoms with Gasteiger partial charge in [0.1, 0.15) is 5.75 Å². The van der Waals surface area contributed by atoms with Gasteiger partial charge in [-0.15, -0.1) is 0 Å². The van der Waals surface area contributed by atoms with Gasteiger partial charge in [0.25, 0.3) is 0 Å². The van der Waals surface area contributed by atoms with E-state index in [0.717, 1.165) is 24.2 Å². The van der Waals surface area contributed by atoms with Crippen LogP contribution in [0.2, 0.25) is 0 Å². The van der Waals surface area contributed by atoms with Crippen LogP contribution in [0, 0.1) is 13.8 Å². The zero-order chi connectivity index (χ0) is 19.4. The number of carbonyl (C=O) groups is 2. The fraction of sp³-hybridized carbons (Fsp3) is 0.450. The molecule has 1 aromatic carbocycles. The van der Waals surface area contributed by atoms with Crippen molar-refractivity contribution in [2.75, 3.05) is 19.7 Å². The number of carbonyl (C=O) groups excluding carboxylic acids is 1. The van der Waals surface area contributed by atoms with Crippen LogP contribution >= 0.6 is 0 Å². The molecule has 0 aliphatic carbocycles. The summed E-state index contributed by atoms with van der Waals surface area (Å²) in [5, 5.41) is 13.1. The average molecular weight is 371 g/mol. The Labute approximate surface area is 158 Å². The lowest BCUT2D eigenvalue weighted by Gasteiger charge is -2.32. The van der Waals surface area contributed by atoms with Gasteiger partial charge in [0.05, 0.1) is 30.8 Å². The lowest BCUT2D eigenvalue weighted by atomic mass is 10.0. The van der Waals surface area contributed by atoms with Crippen LogP contribution in [0.1, 0.15) is 46.8 Å². The SMILES string of the molecule is Cc1ccc(OCCC(=O)N2CCC(n3cc(C(=O)O)cn3)CC2)c(C)c1. The molecule has 1 saturated heterocycles. The van der Waals surface area contributed by atoms with E-state index >= 15 is 0 Å². The number of aryl methyl sites for hydroxylation is 2. The van der Waals surface area contributed by atoms with Gasteiger partial charge < -0.3 is 14.7 Å². The van der Waals surface area contributed by atoms with Crippen molar-refractivity contribution in [1.29, 1.82) is 0 Å². The van der Waals surface area contributed by atoms with Crippen LogP contribution in [0.25, 0.3) is 0 Å². The Morgan fingerprint density at radius 2 is 2.00 bits per heavy atom. The maximum Gasteiger partial charge on any atom is 0.338 e. The fourth-order valence-corrected chi connectivity index (χ4v) is 3.40. The zero-order valence-electron chi connectivity index (χ0n) is 15.7. The second-order valence-corrected chi connectivity index (χ2v) is 6.99. The van der Waals surface area contributed by atoms with Gasteiger partial charge in [-0.25, -0.2) is 4.79 Å². The first kappa shape index (κ1) is 18.9. The summed E-state index contributed by atoms with van der Waals surface area (Å²) in [6.45, 7) is 5.70. The monoisotopic (exact) mass is 371 g/mol. The number of carboxylic acid groups (broad SMARTS) is 1. The third kappa shape index (κ3) is 4.67. The van der Waals surface area contributed by atoms with Crippen LogP contribution in [0.4, 0.5) is 0 Å². The normalized spacial score (nSPS) is 15.0. The Hall–Kier alpha value is -2.83. The summed E-state index contributed by atoms with van der Waals surface area (Å²) in [4.78, 5) is 25.2. The van der Waals surface area contributed by atoms with Crippen LogP contribution in [0.3, 0.4) is 0 Å². The van der Waals surface area contributed by atoms with Gasteiger partial charge in [-0.2, -0.15) is 5.10 Å². The molecule has 2 aromatic rings. The summed E-state index contributed by atoms with van der Waals surface area (Å²) in [5.41, 5.74) is 2.45. The minimum Gasteiger partial charge on any atom is -0.493 e. The van der Waals surface area contributed by atoms with Crippen LogP contribution in [0.15, 0.2) is 30.6 Å². The number of piperidine rings is 1. The molecule has 1 N–H and O–H groups in total. The molecule has 3 rings (SSSR count). The zero-order valence-corrected chi connectivity index (χ0v) is 15.7. The van der Waals surface area contributed by atoms with E-state index in [1.165, 1.54) is 11.8 Å². The Kier molecular flexibility index (Phi) is 5.78. The highest BCUT2D eigenvalue weighted by Gasteiger charge is 2.24. The number of aromatic carboxylic acids is 1. The van der Waals surface area contributed by atoms with Crippen molar-refractivity contribution in [1.82, 2.24) is 14.7 Å². The van der Waals surface area contributed by atoms with Crippen molar-refractivity contribution in [3.05, 3.63) is 47.3 Å². The van der Waals surface area contributed by atoms with Crippen LogP contribution in [0.5, 0.6) is 5.75 Å². The minimum absolute atomic E-state index is 0.0879. The highest BCUT2D eigenvalue weighted by Crippen LogP contribution is 2.23. The van der Waals surface area contributed by atoms with Crippen molar-refractivity contribution in [3.63, 3.8) is 0 Å². The fourth-order valence-electron chi connectivity index (χ4n) is 3.40. The first-order valence-corrected chi connectivity index (χ1v) is 9.19. The van der Waals surface area contributed by atoms with E-state index in [9.17, 15) is 9.59 Å². The van der Waals surface area contributed by atoms with E-state index in [2.05, 4.69) is 11.2 Å². The largest absolute Gasteiger partial charge is 0.493 e. The van der Waals surface area contributed by atoms with Gasteiger partial charge in [-0.3, -0.25) is 9.48 Å². The molecule has 1 aliphatic rings. The quantitative estimate of drug-likeness (QED) is 0.844. The Balaban J connectivity index is 1.44. The number of aromatic nitrogens is 2. The van der Waals surface area contributed by atoms with E-state index in [1.54, 1.807) is 10.9 Å². The Bertz CT molecular complexity index is 822. The Morgan fingerprint density at radius 1 is 1.26 bits per heavy atom. The molecular weight excluding hydrogens is 346 g/mol. The summed E-state index contributed by atoms with van der Waals surface area (Å²) in [6.07, 6.45) is 4.81. The molecule has 0 radical (unpaired) electrons. The first-order valence-electron chi connectivity index (χ1n) is 9.19. The molecule has 0 saturated carbocycles. The summed E-state index contributed by atoms with van der Waals surface area (Å²) < 4.78 is 7.45. The summed E-state index contributed by atoms with van der Waals surface area (Å²) in [5.74, 6) is -0.0670. The third-order valence-electron chi connectivity index (χ3n) is 4.94. The average Bonchev–Trinajstić information content (AvgIpc) is 3.14. The standard InChI is InChI=1S/C20H25N3O4/c1-14-3-4-18(15(2)11-14)27-10-7-19(24)22-8-5-17(6-9-22)23-13-16(12-21-23)20(25)26/h3-4,11-13,17H,5-10H2,1-2H3,(H,25,26). The number of hydrogen-bond donors (Lipinski definition) is 1. The molecule has 144 valence electrons. The van der Waals surface area contributed by atoms with E-state index < -0.39 is 5.97 Å². The lowest BCUT2D eigenvalue weighted by molar-refractivity contribution is -0.133. The van der Waals surface area contributed by atoms with Crippen molar-refractivity contribution in [3.8, 4) is 5.75 Å². The molecular formula is C20H25N3O4. The summed E-state index contributed by atoms with van der Waals surface area (Å²) in [6, 6.07) is 6.14. The second kappa shape index (κ2) is 8.24. The van der Waals surface area contributed by atoms with E-state index in [4.69, 9.17) is 9.84 Å². The number of carboxylic acids is 1. The van der Waals surface area contributed by atoms with Crippen molar-refractivity contribution in [2.24, 2.45) is 0 Å². The van der Waals surface area contributed by atoms with Gasteiger partial charge >= 0.3 is 5.97 Å². The van der Waals surface area contributed by atoms with Crippen LogP contribution in [-0.2, 0) is 4.79 Å². The van der Waals surface area contributed by atoms with Crippen molar-refractivity contribution >= 4 is 11.9 Å². The topological polar surface area (TPSA) is 84.7 Å². The molecule has 7 heteroatoms. The minimum atomic E-state index is -0.974. The molecule has 0 spiro atoms. The molecule has 1 amide bonds. The van der Waals surface area contributed by atoms with Gasteiger partial charge in [-0.1, -0.05) is 17.7 Å². The van der Waals surface area contributed by atoms with E-state index in [-0.39, 0.29) is 17.5 Å². The predicted octanol–water partition coefficient (Wildman–Crippen LogP) is 2.83. The van der Waals surface area contributed by atoms with Gasteiger partial charge in [0, 0.05) is 19.3 Å². The highest BCUT2D eigenvalue weighted by atomic mass is 16.5. The van der Waals surface area contributed by atoms with E-state index in [0.29, 0.717) is 26.1 Å². The third-order valence-corrected chi connectivity index (χ3v) is 4.94. The number of benzene rings is 1. The van der Waals surface area contributed by atoms with Crippen LogP contribution in [-0.4, -0.2) is 51.4 Å². The van der Waals surface area contributed by atoms with Gasteiger partial charge in [-0.05, 0) is 38.3 Å². The number of nitrogens with zero attached hydrogens (tertiary/aromatic N) is 3. The lowest BCUT2D eigenvalue weighted by Crippen LogP contribution is -2.39. The van der Waals surface area contributed by atoms with Gasteiger partial charge in [0.15, 0.2) is 0 Å². The maximum atomic E-state index is 12.4. The maximum absolute atomic E-state index is 12.4. The van der Waals surface area contributed by atoms with Crippen LogP contribution < -0.4 is 4.74 Å². The summed E-state index contributed by atoms with van der Waals surface area (Å²) >= 11 is 0. The highest BCUT2D eigenvalue weighted by molar-refractivity contribution is 5.86. The molecule has 1 aliphatic heterocycles. The molecule has 7 nitrogen and oxygen atoms in total. The predicted molar refractivity (Wildman–Crippen MR) is 100 cm³/mol. The molecule has 27 heavy (non-hydrogen) atoms.